The van der Waals surface area contributed by atoms with Crippen LogP contribution in [-0.4, -0.2) is 23.7 Å². The van der Waals surface area contributed by atoms with Crippen LogP contribution in [0.2, 0.25) is 0 Å². The van der Waals surface area contributed by atoms with Gasteiger partial charge in [0.15, 0.2) is 11.6 Å². The first-order valence-corrected chi connectivity index (χ1v) is 7.48. The molecule has 2 aromatic rings. The predicted molar refractivity (Wildman–Crippen MR) is 83.8 cm³/mol. The number of benzene rings is 2. The number of amides is 1. The van der Waals surface area contributed by atoms with Gasteiger partial charge in [-0.25, -0.2) is 8.78 Å². The summed E-state index contributed by atoms with van der Waals surface area (Å²) in [6.07, 6.45) is -0.0882. The minimum Gasteiger partial charge on any atom is -0.391 e. The summed E-state index contributed by atoms with van der Waals surface area (Å²) in [6, 6.07) is 13.4. The van der Waals surface area contributed by atoms with Gasteiger partial charge in [0.25, 0.3) is 0 Å². The molecule has 0 fully saturated rings. The van der Waals surface area contributed by atoms with Crippen LogP contribution in [0, 0.1) is 11.6 Å². The first-order chi connectivity index (χ1) is 11.1. The van der Waals surface area contributed by atoms with E-state index in [1.54, 1.807) is 0 Å². The maximum absolute atomic E-state index is 13.5. The molecule has 2 N–H and O–H groups in total. The molecule has 1 atom stereocenters. The Kier molecular flexibility index (Phi) is 6.23. The second kappa shape index (κ2) is 8.39. The van der Waals surface area contributed by atoms with Gasteiger partial charge < -0.3 is 10.4 Å². The molecule has 0 saturated carbocycles. The van der Waals surface area contributed by atoms with Crippen LogP contribution in [0.15, 0.2) is 48.5 Å². The first-order valence-electron chi connectivity index (χ1n) is 7.48. The lowest BCUT2D eigenvalue weighted by Gasteiger charge is -2.12. The van der Waals surface area contributed by atoms with Crippen LogP contribution < -0.4 is 5.32 Å². The molecule has 0 radical (unpaired) electrons. The normalized spacial score (nSPS) is 12.0. The zero-order valence-corrected chi connectivity index (χ0v) is 12.6. The molecular formula is C18H19F2NO2. The van der Waals surface area contributed by atoms with Gasteiger partial charge in [-0.1, -0.05) is 42.5 Å². The first kappa shape index (κ1) is 17.1. The van der Waals surface area contributed by atoms with Gasteiger partial charge in [0.1, 0.15) is 0 Å². The van der Waals surface area contributed by atoms with E-state index in [-0.39, 0.29) is 30.9 Å². The van der Waals surface area contributed by atoms with E-state index in [0.717, 1.165) is 11.6 Å². The third-order valence-corrected chi connectivity index (χ3v) is 3.50. The number of aryl methyl sites for hydroxylation is 1. The Morgan fingerprint density at radius 2 is 1.83 bits per heavy atom. The van der Waals surface area contributed by atoms with E-state index in [1.807, 2.05) is 30.3 Å². The van der Waals surface area contributed by atoms with E-state index in [4.69, 9.17) is 0 Å². The number of hydrogen-bond acceptors (Lipinski definition) is 2. The lowest BCUT2D eigenvalue weighted by atomic mass is 10.1. The Morgan fingerprint density at radius 3 is 2.57 bits per heavy atom. The monoisotopic (exact) mass is 319 g/mol. The molecule has 0 saturated heterocycles. The van der Waals surface area contributed by atoms with Crippen molar-refractivity contribution in [2.45, 2.75) is 25.4 Å². The summed E-state index contributed by atoms with van der Waals surface area (Å²) in [5, 5.41) is 12.5. The topological polar surface area (TPSA) is 49.3 Å². The highest BCUT2D eigenvalue weighted by Crippen LogP contribution is 2.13. The van der Waals surface area contributed by atoms with Gasteiger partial charge in [-0.3, -0.25) is 4.79 Å². The van der Waals surface area contributed by atoms with E-state index in [0.29, 0.717) is 6.42 Å². The molecule has 0 heterocycles. The summed E-state index contributed by atoms with van der Waals surface area (Å²) in [7, 11) is 0. The van der Waals surface area contributed by atoms with E-state index < -0.39 is 17.7 Å². The molecule has 0 spiro atoms. The fourth-order valence-electron chi connectivity index (χ4n) is 2.27. The van der Waals surface area contributed by atoms with Gasteiger partial charge in [0.05, 0.1) is 6.10 Å². The Bertz CT molecular complexity index is 647. The van der Waals surface area contributed by atoms with Gasteiger partial charge in [-0.05, 0) is 23.6 Å². The van der Waals surface area contributed by atoms with Crippen LogP contribution in [0.5, 0.6) is 0 Å². The lowest BCUT2D eigenvalue weighted by Crippen LogP contribution is -2.33. The van der Waals surface area contributed by atoms with Gasteiger partial charge in [-0.15, -0.1) is 0 Å². The molecule has 0 bridgehead atoms. The molecule has 5 heteroatoms. The fraction of sp³-hybridized carbons (Fsp3) is 0.278. The molecule has 3 nitrogen and oxygen atoms in total. The largest absolute Gasteiger partial charge is 0.391 e. The average molecular weight is 319 g/mol. The van der Waals surface area contributed by atoms with Crippen molar-refractivity contribution >= 4 is 5.91 Å². The molecule has 122 valence electrons. The smallest absolute Gasteiger partial charge is 0.220 e. The maximum atomic E-state index is 13.5. The Balaban J connectivity index is 1.73. The number of rotatable bonds is 7. The number of halogens is 2. The van der Waals surface area contributed by atoms with Gasteiger partial charge >= 0.3 is 0 Å². The van der Waals surface area contributed by atoms with Crippen molar-refractivity contribution in [3.05, 3.63) is 71.3 Å². The van der Waals surface area contributed by atoms with Gasteiger partial charge in [0, 0.05) is 19.4 Å². The maximum Gasteiger partial charge on any atom is 0.220 e. The Hall–Kier alpha value is -2.27. The van der Waals surface area contributed by atoms with Crippen molar-refractivity contribution in [3.63, 3.8) is 0 Å². The molecule has 23 heavy (non-hydrogen) atoms. The summed E-state index contributed by atoms with van der Waals surface area (Å²) >= 11 is 0. The highest BCUT2D eigenvalue weighted by Gasteiger charge is 2.11. The number of carbonyl (C=O) groups is 1. The number of aliphatic hydroxyl groups excluding tert-OH is 1. The molecule has 2 aromatic carbocycles. The number of carbonyl (C=O) groups excluding carboxylic acids is 1. The minimum atomic E-state index is -0.916. The average Bonchev–Trinajstić information content (AvgIpc) is 2.55. The van der Waals surface area contributed by atoms with E-state index in [2.05, 4.69) is 5.32 Å². The summed E-state index contributed by atoms with van der Waals surface area (Å²) < 4.78 is 26.5. The van der Waals surface area contributed by atoms with E-state index in [9.17, 15) is 18.7 Å². The predicted octanol–water partition coefficient (Wildman–Crippen LogP) is 2.62. The van der Waals surface area contributed by atoms with Crippen LogP contribution in [-0.2, 0) is 17.6 Å². The molecule has 0 aliphatic heterocycles. The SMILES string of the molecule is O=C(CCc1cccc(F)c1F)NCC(O)Cc1ccccc1. The van der Waals surface area contributed by atoms with Crippen molar-refractivity contribution in [3.8, 4) is 0 Å². The zero-order chi connectivity index (χ0) is 16.7. The van der Waals surface area contributed by atoms with Crippen molar-refractivity contribution < 1.29 is 18.7 Å². The fourth-order valence-corrected chi connectivity index (χ4v) is 2.27. The van der Waals surface area contributed by atoms with Crippen molar-refractivity contribution in [1.82, 2.24) is 5.32 Å². The molecular weight excluding hydrogens is 300 g/mol. The van der Waals surface area contributed by atoms with Crippen molar-refractivity contribution in [2.75, 3.05) is 6.54 Å². The minimum absolute atomic E-state index is 0.0401. The number of hydrogen-bond donors (Lipinski definition) is 2. The van der Waals surface area contributed by atoms with Crippen molar-refractivity contribution in [2.24, 2.45) is 0 Å². The van der Waals surface area contributed by atoms with Crippen LogP contribution in [0.4, 0.5) is 8.78 Å². The molecule has 1 amide bonds. The zero-order valence-electron chi connectivity index (χ0n) is 12.6. The molecule has 0 aromatic heterocycles. The highest BCUT2D eigenvalue weighted by atomic mass is 19.2. The third-order valence-electron chi connectivity index (χ3n) is 3.50. The van der Waals surface area contributed by atoms with Crippen LogP contribution in [0.25, 0.3) is 0 Å². The molecule has 0 aliphatic carbocycles. The quantitative estimate of drug-likeness (QED) is 0.824. The summed E-state index contributed by atoms with van der Waals surface area (Å²) in [4.78, 5) is 11.7. The van der Waals surface area contributed by atoms with Gasteiger partial charge in [-0.2, -0.15) is 0 Å². The van der Waals surface area contributed by atoms with Crippen LogP contribution in [0.3, 0.4) is 0 Å². The standard InChI is InChI=1S/C18H19F2NO2/c19-16-8-4-7-14(18(16)20)9-10-17(23)21-12-15(22)11-13-5-2-1-3-6-13/h1-8,15,22H,9-12H2,(H,21,23). The molecule has 1 unspecified atom stereocenters. The van der Waals surface area contributed by atoms with E-state index >= 15 is 0 Å². The van der Waals surface area contributed by atoms with Gasteiger partial charge in [0.2, 0.25) is 5.91 Å². The lowest BCUT2D eigenvalue weighted by molar-refractivity contribution is -0.121. The second-order valence-electron chi connectivity index (χ2n) is 5.36. The van der Waals surface area contributed by atoms with Crippen LogP contribution in [0.1, 0.15) is 17.5 Å². The third kappa shape index (κ3) is 5.45. The summed E-state index contributed by atoms with van der Waals surface area (Å²) in [5.74, 6) is -2.13. The highest BCUT2D eigenvalue weighted by molar-refractivity contribution is 5.76. The Labute approximate surface area is 134 Å². The van der Waals surface area contributed by atoms with Crippen molar-refractivity contribution in [1.29, 1.82) is 0 Å². The summed E-state index contributed by atoms with van der Waals surface area (Å²) in [5.41, 5.74) is 1.15. The number of aliphatic hydroxyl groups is 1. The second-order valence-corrected chi connectivity index (χ2v) is 5.36. The molecule has 2 rings (SSSR count). The molecule has 0 aliphatic rings. The Morgan fingerprint density at radius 1 is 1.09 bits per heavy atom. The number of nitrogens with one attached hydrogen (secondary N) is 1. The summed E-state index contributed by atoms with van der Waals surface area (Å²) in [6.45, 7) is 0.124. The van der Waals surface area contributed by atoms with Crippen LogP contribution >= 0.6 is 0 Å². The van der Waals surface area contributed by atoms with E-state index in [1.165, 1.54) is 12.1 Å².